The maximum absolute atomic E-state index is 12.2. The number of aromatic nitrogens is 3. The quantitative estimate of drug-likeness (QED) is 0.865. The first kappa shape index (κ1) is 16.7. The molecule has 1 saturated heterocycles. The van der Waals surface area contributed by atoms with E-state index in [4.69, 9.17) is 4.74 Å². The number of piperidine rings is 1. The number of β-amino-alcohol motifs (C(OH)–C–C–N with tert-alkyl or cyclic N) is 1. The Balaban J connectivity index is 1.75. The van der Waals surface area contributed by atoms with Gasteiger partial charge in [0.25, 0.3) is 0 Å². The van der Waals surface area contributed by atoms with Gasteiger partial charge in [-0.25, -0.2) is 14.3 Å². The first-order chi connectivity index (χ1) is 11.2. The van der Waals surface area contributed by atoms with Crippen LogP contribution in [0.1, 0.15) is 44.2 Å². The van der Waals surface area contributed by atoms with Crippen molar-refractivity contribution in [3.05, 3.63) is 29.7 Å². The third-order valence-corrected chi connectivity index (χ3v) is 4.30. The van der Waals surface area contributed by atoms with E-state index in [1.165, 1.54) is 6.33 Å². The van der Waals surface area contributed by atoms with Crippen LogP contribution in [-0.2, 0) is 4.74 Å². The van der Waals surface area contributed by atoms with Gasteiger partial charge in [0.2, 0.25) is 0 Å². The summed E-state index contributed by atoms with van der Waals surface area (Å²) in [5.41, 5.74) is 2.37. The van der Waals surface area contributed by atoms with Crippen molar-refractivity contribution in [2.45, 2.75) is 51.7 Å². The van der Waals surface area contributed by atoms with Gasteiger partial charge in [0.05, 0.1) is 12.6 Å². The van der Waals surface area contributed by atoms with Crippen LogP contribution in [0.5, 0.6) is 0 Å². The van der Waals surface area contributed by atoms with Crippen molar-refractivity contribution in [2.24, 2.45) is 0 Å². The smallest absolute Gasteiger partial charge is 0.410 e. The molecule has 2 atom stereocenters. The number of aliphatic hydroxyl groups is 1. The molecule has 0 aliphatic carbocycles. The molecule has 0 radical (unpaired) electrons. The summed E-state index contributed by atoms with van der Waals surface area (Å²) < 4.78 is 7.11. The molecular weight excluding hydrogens is 308 g/mol. The minimum Gasteiger partial charge on any atom is -0.444 e. The lowest BCUT2D eigenvalue weighted by molar-refractivity contribution is -0.00160. The van der Waals surface area contributed by atoms with Crippen LogP contribution in [0.4, 0.5) is 4.79 Å². The normalized spacial score (nSPS) is 22.0. The molecule has 2 aromatic rings. The SMILES string of the molecule is Cc1cc2ncnn2cc1[C@@H]1CCN(C(=O)OC(C)(C)C)C[C@H]1O. The molecule has 3 heterocycles. The molecule has 1 fully saturated rings. The molecule has 1 aliphatic heterocycles. The van der Waals surface area contributed by atoms with Gasteiger partial charge in [-0.05, 0) is 51.3 Å². The predicted octanol–water partition coefficient (Wildman–Crippen LogP) is 2.12. The standard InChI is InChI=1S/C17H24N4O3/c1-11-7-15-18-10-19-21(15)8-13(11)12-5-6-20(9-14(12)22)16(23)24-17(2,3)4/h7-8,10,12,14,22H,5-6,9H2,1-4H3/t12-,14+/m0/s1. The first-order valence-corrected chi connectivity index (χ1v) is 8.20. The van der Waals surface area contributed by atoms with Crippen LogP contribution < -0.4 is 0 Å². The molecule has 24 heavy (non-hydrogen) atoms. The number of pyridine rings is 1. The maximum atomic E-state index is 12.2. The minimum absolute atomic E-state index is 0.0303. The average Bonchev–Trinajstić information content (AvgIpc) is 2.91. The highest BCUT2D eigenvalue weighted by Crippen LogP contribution is 2.31. The summed E-state index contributed by atoms with van der Waals surface area (Å²) in [7, 11) is 0. The molecule has 7 heteroatoms. The second-order valence-electron chi connectivity index (χ2n) is 7.36. The largest absolute Gasteiger partial charge is 0.444 e. The van der Waals surface area contributed by atoms with Gasteiger partial charge in [0.15, 0.2) is 5.65 Å². The average molecular weight is 332 g/mol. The maximum Gasteiger partial charge on any atom is 0.410 e. The first-order valence-electron chi connectivity index (χ1n) is 8.20. The summed E-state index contributed by atoms with van der Waals surface area (Å²) in [6, 6.07) is 1.97. The molecule has 0 bridgehead atoms. The van der Waals surface area contributed by atoms with E-state index >= 15 is 0 Å². The summed E-state index contributed by atoms with van der Waals surface area (Å²) in [6.07, 6.45) is 3.12. The molecule has 1 amide bonds. The van der Waals surface area contributed by atoms with Crippen LogP contribution in [0.25, 0.3) is 5.65 Å². The third kappa shape index (κ3) is 3.36. The Morgan fingerprint density at radius 3 is 2.83 bits per heavy atom. The molecule has 130 valence electrons. The lowest BCUT2D eigenvalue weighted by Crippen LogP contribution is -2.47. The molecule has 0 unspecified atom stereocenters. The van der Waals surface area contributed by atoms with Crippen LogP contribution in [0.3, 0.4) is 0 Å². The number of nitrogens with zero attached hydrogens (tertiary/aromatic N) is 4. The van der Waals surface area contributed by atoms with Gasteiger partial charge in [-0.15, -0.1) is 0 Å². The van der Waals surface area contributed by atoms with E-state index in [1.54, 1.807) is 9.42 Å². The fraction of sp³-hybridized carbons (Fsp3) is 0.588. The zero-order chi connectivity index (χ0) is 17.5. The Labute approximate surface area is 141 Å². The van der Waals surface area contributed by atoms with Crippen molar-refractivity contribution in [3.8, 4) is 0 Å². The fourth-order valence-electron chi connectivity index (χ4n) is 3.15. The molecule has 7 nitrogen and oxygen atoms in total. The van der Waals surface area contributed by atoms with Gasteiger partial charge in [-0.3, -0.25) is 0 Å². The fourth-order valence-corrected chi connectivity index (χ4v) is 3.15. The van der Waals surface area contributed by atoms with Crippen molar-refractivity contribution in [2.75, 3.05) is 13.1 Å². The number of amides is 1. The molecule has 0 spiro atoms. The summed E-state index contributed by atoms with van der Waals surface area (Å²) >= 11 is 0. The number of hydrogen-bond donors (Lipinski definition) is 1. The van der Waals surface area contributed by atoms with E-state index in [0.29, 0.717) is 13.0 Å². The van der Waals surface area contributed by atoms with Crippen LogP contribution in [0, 0.1) is 6.92 Å². The number of hydrogen-bond acceptors (Lipinski definition) is 5. The Hall–Kier alpha value is -2.15. The molecule has 2 aromatic heterocycles. The zero-order valence-corrected chi connectivity index (χ0v) is 14.6. The van der Waals surface area contributed by atoms with Crippen LogP contribution in [0.15, 0.2) is 18.6 Å². The van der Waals surface area contributed by atoms with Crippen LogP contribution in [-0.4, -0.2) is 55.5 Å². The van der Waals surface area contributed by atoms with E-state index in [-0.39, 0.29) is 18.6 Å². The molecular formula is C17H24N4O3. The van der Waals surface area contributed by atoms with Gasteiger partial charge in [0.1, 0.15) is 11.9 Å². The van der Waals surface area contributed by atoms with Gasteiger partial charge in [-0.2, -0.15) is 5.10 Å². The van der Waals surface area contributed by atoms with Crippen molar-refractivity contribution < 1.29 is 14.6 Å². The minimum atomic E-state index is -0.633. The van der Waals surface area contributed by atoms with E-state index < -0.39 is 11.7 Å². The second-order valence-corrected chi connectivity index (χ2v) is 7.36. The lowest BCUT2D eigenvalue weighted by Gasteiger charge is -2.37. The van der Waals surface area contributed by atoms with E-state index in [2.05, 4.69) is 10.1 Å². The van der Waals surface area contributed by atoms with Gasteiger partial charge in [0, 0.05) is 18.7 Å². The van der Waals surface area contributed by atoms with Crippen molar-refractivity contribution in [1.82, 2.24) is 19.5 Å². The number of aliphatic hydroxyl groups excluding tert-OH is 1. The van der Waals surface area contributed by atoms with Gasteiger partial charge < -0.3 is 14.7 Å². The number of likely N-dealkylation sites (tertiary alicyclic amines) is 1. The molecule has 1 N–H and O–H groups in total. The van der Waals surface area contributed by atoms with Crippen molar-refractivity contribution in [3.63, 3.8) is 0 Å². The van der Waals surface area contributed by atoms with Gasteiger partial charge >= 0.3 is 6.09 Å². The Morgan fingerprint density at radius 1 is 1.42 bits per heavy atom. The number of rotatable bonds is 1. The molecule has 0 saturated carbocycles. The summed E-state index contributed by atoms with van der Waals surface area (Å²) in [5, 5.41) is 14.8. The second kappa shape index (κ2) is 6.05. The van der Waals surface area contributed by atoms with E-state index in [9.17, 15) is 9.90 Å². The van der Waals surface area contributed by atoms with Crippen LogP contribution >= 0.6 is 0 Å². The summed E-state index contributed by atoms with van der Waals surface area (Å²) in [6.45, 7) is 8.36. The summed E-state index contributed by atoms with van der Waals surface area (Å²) in [5.74, 6) is -0.0303. The number of carbonyl (C=O) groups is 1. The molecule has 1 aliphatic rings. The predicted molar refractivity (Wildman–Crippen MR) is 88.9 cm³/mol. The lowest BCUT2D eigenvalue weighted by atomic mass is 9.86. The topological polar surface area (TPSA) is 80.0 Å². The Morgan fingerprint density at radius 2 is 2.17 bits per heavy atom. The number of fused-ring (bicyclic) bond motifs is 1. The molecule has 3 rings (SSSR count). The molecule has 0 aromatic carbocycles. The van der Waals surface area contributed by atoms with Crippen molar-refractivity contribution in [1.29, 1.82) is 0 Å². The monoisotopic (exact) mass is 332 g/mol. The summed E-state index contributed by atoms with van der Waals surface area (Å²) in [4.78, 5) is 17.9. The number of aryl methyl sites for hydroxylation is 1. The van der Waals surface area contributed by atoms with Crippen molar-refractivity contribution >= 4 is 11.7 Å². The zero-order valence-electron chi connectivity index (χ0n) is 14.6. The van der Waals surface area contributed by atoms with E-state index in [1.807, 2.05) is 40.0 Å². The highest BCUT2D eigenvalue weighted by atomic mass is 16.6. The third-order valence-electron chi connectivity index (χ3n) is 4.30. The number of ether oxygens (including phenoxy) is 1. The number of carbonyl (C=O) groups excluding carboxylic acids is 1. The Bertz CT molecular complexity index is 750. The Kier molecular flexibility index (Phi) is 4.21. The van der Waals surface area contributed by atoms with Gasteiger partial charge in [-0.1, -0.05) is 0 Å². The van der Waals surface area contributed by atoms with E-state index in [0.717, 1.165) is 16.8 Å². The highest BCUT2D eigenvalue weighted by molar-refractivity contribution is 5.68. The van der Waals surface area contributed by atoms with Crippen LogP contribution in [0.2, 0.25) is 0 Å². The highest BCUT2D eigenvalue weighted by Gasteiger charge is 2.34.